The van der Waals surface area contributed by atoms with E-state index in [-0.39, 0.29) is 4.75 Å². The van der Waals surface area contributed by atoms with Crippen LogP contribution in [0.15, 0.2) is 23.1 Å². The normalized spacial score (nSPS) is 10.5. The fraction of sp³-hybridized carbons (Fsp3) is 0.333. The van der Waals surface area contributed by atoms with Crippen molar-refractivity contribution in [2.24, 2.45) is 0 Å². The molecule has 0 N–H and O–H groups in total. The van der Waals surface area contributed by atoms with E-state index in [1.807, 2.05) is 18.2 Å². The summed E-state index contributed by atoms with van der Waals surface area (Å²) in [5.41, 5.74) is 0.891. The Morgan fingerprint density at radius 2 is 1.67 bits per heavy atom. The van der Waals surface area contributed by atoms with E-state index in [9.17, 15) is 0 Å². The first-order chi connectivity index (χ1) is 6.96. The van der Waals surface area contributed by atoms with E-state index >= 15 is 0 Å². The zero-order chi connectivity index (χ0) is 11.5. The average molecular weight is 216 g/mol. The van der Waals surface area contributed by atoms with Gasteiger partial charge in [-0.2, -0.15) is 10.5 Å². The number of nitriles is 2. The Morgan fingerprint density at radius 1 is 1.07 bits per heavy atom. The minimum absolute atomic E-state index is 0.112. The van der Waals surface area contributed by atoms with Crippen molar-refractivity contribution in [1.29, 1.82) is 10.5 Å². The van der Waals surface area contributed by atoms with Crippen LogP contribution in [0.1, 0.15) is 31.9 Å². The zero-order valence-electron chi connectivity index (χ0n) is 9.03. The molecule has 0 atom stereocenters. The number of nitrogens with zero attached hydrogens (tertiary/aromatic N) is 2. The summed E-state index contributed by atoms with van der Waals surface area (Å²) in [5.74, 6) is 0. The molecule has 0 fully saturated rings. The minimum atomic E-state index is 0.112. The average Bonchev–Trinajstić information content (AvgIpc) is 2.15. The monoisotopic (exact) mass is 216 g/mol. The number of hydrogen-bond acceptors (Lipinski definition) is 3. The molecular weight excluding hydrogens is 204 g/mol. The van der Waals surface area contributed by atoms with E-state index in [2.05, 4.69) is 20.8 Å². The van der Waals surface area contributed by atoms with Crippen molar-refractivity contribution in [2.75, 3.05) is 0 Å². The SMILES string of the molecule is CC(C)(C)Sc1ccc(C#N)c(C#N)c1. The van der Waals surface area contributed by atoms with Crippen LogP contribution in [0.3, 0.4) is 0 Å². The topological polar surface area (TPSA) is 47.6 Å². The van der Waals surface area contributed by atoms with Gasteiger partial charge in [0.15, 0.2) is 0 Å². The molecule has 0 amide bonds. The van der Waals surface area contributed by atoms with Crippen molar-refractivity contribution in [2.45, 2.75) is 30.4 Å². The first kappa shape index (κ1) is 11.6. The van der Waals surface area contributed by atoms with Crippen LogP contribution in [0.2, 0.25) is 0 Å². The Kier molecular flexibility index (Phi) is 3.39. The molecule has 0 aromatic heterocycles. The Morgan fingerprint density at radius 3 is 2.13 bits per heavy atom. The summed E-state index contributed by atoms with van der Waals surface area (Å²) in [6, 6.07) is 9.40. The highest BCUT2D eigenvalue weighted by molar-refractivity contribution is 8.00. The maximum Gasteiger partial charge on any atom is 0.101 e. The van der Waals surface area contributed by atoms with Gasteiger partial charge in [-0.25, -0.2) is 0 Å². The fourth-order valence-electron chi connectivity index (χ4n) is 1.13. The van der Waals surface area contributed by atoms with E-state index in [1.54, 1.807) is 23.9 Å². The van der Waals surface area contributed by atoms with Gasteiger partial charge in [-0.05, 0) is 18.2 Å². The van der Waals surface area contributed by atoms with E-state index in [1.165, 1.54) is 0 Å². The molecule has 0 aliphatic carbocycles. The molecule has 1 aromatic rings. The van der Waals surface area contributed by atoms with E-state index < -0.39 is 0 Å². The molecule has 1 rings (SSSR count). The van der Waals surface area contributed by atoms with Gasteiger partial charge in [0.05, 0.1) is 11.1 Å². The van der Waals surface area contributed by atoms with Gasteiger partial charge in [0.1, 0.15) is 12.1 Å². The number of thioether (sulfide) groups is 1. The van der Waals surface area contributed by atoms with Crippen LogP contribution >= 0.6 is 11.8 Å². The summed E-state index contributed by atoms with van der Waals surface area (Å²) >= 11 is 1.69. The molecule has 76 valence electrons. The fourth-order valence-corrected chi connectivity index (χ4v) is 2.15. The lowest BCUT2D eigenvalue weighted by Gasteiger charge is -2.17. The van der Waals surface area contributed by atoms with Crippen molar-refractivity contribution >= 4 is 11.8 Å². The van der Waals surface area contributed by atoms with Gasteiger partial charge in [0.2, 0.25) is 0 Å². The molecule has 0 heterocycles. The molecular formula is C12H12N2S. The van der Waals surface area contributed by atoms with Gasteiger partial charge < -0.3 is 0 Å². The quantitative estimate of drug-likeness (QED) is 0.676. The second-order valence-corrected chi connectivity index (χ2v) is 6.05. The van der Waals surface area contributed by atoms with Crippen LogP contribution in [0.4, 0.5) is 0 Å². The Hall–Kier alpha value is -1.45. The highest BCUT2D eigenvalue weighted by Crippen LogP contribution is 2.32. The maximum absolute atomic E-state index is 8.86. The number of benzene rings is 1. The first-order valence-electron chi connectivity index (χ1n) is 4.59. The van der Waals surface area contributed by atoms with Gasteiger partial charge in [0, 0.05) is 9.64 Å². The number of rotatable bonds is 1. The highest BCUT2D eigenvalue weighted by atomic mass is 32.2. The Balaban J connectivity index is 3.07. The third-order valence-electron chi connectivity index (χ3n) is 1.66. The molecule has 0 saturated heterocycles. The van der Waals surface area contributed by atoms with Crippen molar-refractivity contribution in [1.82, 2.24) is 0 Å². The van der Waals surface area contributed by atoms with Crippen LogP contribution in [0.5, 0.6) is 0 Å². The molecule has 0 aliphatic heterocycles. The van der Waals surface area contributed by atoms with Crippen molar-refractivity contribution in [3.8, 4) is 12.1 Å². The Labute approximate surface area is 94.5 Å². The van der Waals surface area contributed by atoms with Gasteiger partial charge in [-0.1, -0.05) is 20.8 Å². The Bertz CT molecular complexity index is 444. The van der Waals surface area contributed by atoms with Crippen LogP contribution in [0.25, 0.3) is 0 Å². The zero-order valence-corrected chi connectivity index (χ0v) is 9.85. The molecule has 2 nitrogen and oxygen atoms in total. The van der Waals surface area contributed by atoms with Crippen LogP contribution in [-0.2, 0) is 0 Å². The summed E-state index contributed by atoms with van der Waals surface area (Å²) in [6.45, 7) is 6.34. The second kappa shape index (κ2) is 4.38. The van der Waals surface area contributed by atoms with Crippen molar-refractivity contribution < 1.29 is 0 Å². The molecule has 3 heteroatoms. The van der Waals surface area contributed by atoms with Gasteiger partial charge >= 0.3 is 0 Å². The summed E-state index contributed by atoms with van der Waals surface area (Å²) in [7, 11) is 0. The minimum Gasteiger partial charge on any atom is -0.192 e. The molecule has 0 radical (unpaired) electrons. The molecule has 0 saturated carbocycles. The van der Waals surface area contributed by atoms with Crippen LogP contribution in [0, 0.1) is 22.7 Å². The standard InChI is InChI=1S/C12H12N2S/c1-12(2,3)15-11-5-4-9(7-13)10(6-11)8-14/h4-6H,1-3H3. The summed E-state index contributed by atoms with van der Waals surface area (Å²) in [6.07, 6.45) is 0. The van der Waals surface area contributed by atoms with Crippen molar-refractivity contribution in [3.63, 3.8) is 0 Å². The number of hydrogen-bond donors (Lipinski definition) is 0. The second-order valence-electron chi connectivity index (χ2n) is 4.15. The predicted octanol–water partition coefficient (Wildman–Crippen LogP) is 3.32. The maximum atomic E-state index is 8.86. The molecule has 0 unspecified atom stereocenters. The lowest BCUT2D eigenvalue weighted by molar-refractivity contribution is 0.803. The summed E-state index contributed by atoms with van der Waals surface area (Å²) < 4.78 is 0.112. The molecule has 0 aliphatic rings. The van der Waals surface area contributed by atoms with Crippen molar-refractivity contribution in [3.05, 3.63) is 29.3 Å². The highest BCUT2D eigenvalue weighted by Gasteiger charge is 2.13. The third kappa shape index (κ3) is 3.31. The van der Waals surface area contributed by atoms with E-state index in [0.717, 1.165) is 4.90 Å². The molecule has 0 spiro atoms. The predicted molar refractivity (Wildman–Crippen MR) is 61.5 cm³/mol. The molecule has 0 bridgehead atoms. The first-order valence-corrected chi connectivity index (χ1v) is 5.41. The van der Waals surface area contributed by atoms with Crippen LogP contribution in [-0.4, -0.2) is 4.75 Å². The lowest BCUT2D eigenvalue weighted by Crippen LogP contribution is -2.06. The molecule has 1 aromatic carbocycles. The smallest absolute Gasteiger partial charge is 0.101 e. The van der Waals surface area contributed by atoms with Gasteiger partial charge in [-0.15, -0.1) is 11.8 Å². The van der Waals surface area contributed by atoms with Crippen LogP contribution < -0.4 is 0 Å². The van der Waals surface area contributed by atoms with Gasteiger partial charge in [0.25, 0.3) is 0 Å². The van der Waals surface area contributed by atoms with Gasteiger partial charge in [-0.3, -0.25) is 0 Å². The third-order valence-corrected chi connectivity index (χ3v) is 2.76. The lowest BCUT2D eigenvalue weighted by atomic mass is 10.1. The summed E-state index contributed by atoms with van der Waals surface area (Å²) in [5, 5.41) is 17.6. The largest absolute Gasteiger partial charge is 0.192 e. The summed E-state index contributed by atoms with van der Waals surface area (Å²) in [4.78, 5) is 1.03. The molecule has 15 heavy (non-hydrogen) atoms. The van der Waals surface area contributed by atoms with E-state index in [4.69, 9.17) is 10.5 Å². The van der Waals surface area contributed by atoms with E-state index in [0.29, 0.717) is 11.1 Å².